The fourth-order valence-electron chi connectivity index (χ4n) is 3.14. The van der Waals surface area contributed by atoms with Crippen LogP contribution >= 0.6 is 0 Å². The molecule has 0 atom stereocenters. The van der Waals surface area contributed by atoms with E-state index in [1.807, 2.05) is 54.5 Å². The van der Waals surface area contributed by atoms with E-state index >= 15 is 0 Å². The first-order chi connectivity index (χ1) is 12.2. The Morgan fingerprint density at radius 1 is 1.28 bits per heavy atom. The summed E-state index contributed by atoms with van der Waals surface area (Å²) in [5.41, 5.74) is 5.06. The van der Waals surface area contributed by atoms with Gasteiger partial charge in [-0.05, 0) is 6.07 Å². The van der Waals surface area contributed by atoms with Crippen LogP contribution in [-0.4, -0.2) is 37.5 Å². The lowest BCUT2D eigenvalue weighted by Crippen LogP contribution is -2.42. The fraction of sp³-hybridized carbons (Fsp3) is 0.278. The van der Waals surface area contributed by atoms with E-state index in [2.05, 4.69) is 20.6 Å². The second-order valence-electron chi connectivity index (χ2n) is 6.21. The summed E-state index contributed by atoms with van der Waals surface area (Å²) in [5, 5.41) is 14.8. The Labute approximate surface area is 145 Å². The van der Waals surface area contributed by atoms with E-state index in [0.29, 0.717) is 19.6 Å². The molecule has 0 unspecified atom stereocenters. The number of hydrogen-bond donors (Lipinski definition) is 2. The molecule has 4 rings (SSSR count). The van der Waals surface area contributed by atoms with E-state index in [9.17, 15) is 4.79 Å². The highest BCUT2D eigenvalue weighted by Crippen LogP contribution is 2.28. The lowest BCUT2D eigenvalue weighted by molar-refractivity contribution is 0.191. The van der Waals surface area contributed by atoms with Gasteiger partial charge in [-0.25, -0.2) is 4.79 Å². The molecule has 7 heteroatoms. The Morgan fingerprint density at radius 2 is 2.12 bits per heavy atom. The zero-order valence-electron chi connectivity index (χ0n) is 14.1. The number of aromatic amines is 1. The molecule has 7 nitrogen and oxygen atoms in total. The summed E-state index contributed by atoms with van der Waals surface area (Å²) in [6, 6.07) is 11.9. The SMILES string of the molecule is Cn1ccc(CNC(=O)N2CCc3[nH]nc(-c4ccccc4)c3C2)n1. The number of rotatable bonds is 3. The van der Waals surface area contributed by atoms with Gasteiger partial charge in [-0.3, -0.25) is 9.78 Å². The van der Waals surface area contributed by atoms with E-state index in [1.54, 1.807) is 4.68 Å². The van der Waals surface area contributed by atoms with Crippen LogP contribution in [0.4, 0.5) is 4.79 Å². The maximum atomic E-state index is 12.5. The van der Waals surface area contributed by atoms with Crippen molar-refractivity contribution in [3.05, 3.63) is 59.5 Å². The van der Waals surface area contributed by atoms with Crippen LogP contribution in [-0.2, 0) is 26.6 Å². The molecule has 2 N–H and O–H groups in total. The lowest BCUT2D eigenvalue weighted by Gasteiger charge is -2.27. The van der Waals surface area contributed by atoms with Gasteiger partial charge in [0.25, 0.3) is 0 Å². The summed E-state index contributed by atoms with van der Waals surface area (Å²) in [6.07, 6.45) is 2.65. The number of fused-ring (bicyclic) bond motifs is 1. The summed E-state index contributed by atoms with van der Waals surface area (Å²) in [6.45, 7) is 1.67. The Morgan fingerprint density at radius 3 is 2.88 bits per heavy atom. The summed E-state index contributed by atoms with van der Waals surface area (Å²) in [5.74, 6) is 0. The summed E-state index contributed by atoms with van der Waals surface area (Å²) >= 11 is 0. The van der Waals surface area contributed by atoms with Crippen molar-refractivity contribution < 1.29 is 4.79 Å². The van der Waals surface area contributed by atoms with Gasteiger partial charge < -0.3 is 10.2 Å². The van der Waals surface area contributed by atoms with Crippen LogP contribution in [0.5, 0.6) is 0 Å². The maximum Gasteiger partial charge on any atom is 0.318 e. The first-order valence-corrected chi connectivity index (χ1v) is 8.33. The molecule has 0 bridgehead atoms. The molecule has 3 aromatic rings. The van der Waals surface area contributed by atoms with Crippen molar-refractivity contribution in [3.63, 3.8) is 0 Å². The summed E-state index contributed by atoms with van der Waals surface area (Å²) < 4.78 is 1.73. The molecule has 0 spiro atoms. The molecule has 25 heavy (non-hydrogen) atoms. The standard InChI is InChI=1S/C18H20N6O/c1-23-9-7-14(22-23)11-19-18(25)24-10-8-16-15(12-24)17(21-20-16)13-5-3-2-4-6-13/h2-7,9H,8,10-12H2,1H3,(H,19,25)(H,20,21). The monoisotopic (exact) mass is 336 g/mol. The first kappa shape index (κ1) is 15.4. The molecule has 2 amide bonds. The normalized spacial score (nSPS) is 13.6. The number of urea groups is 1. The minimum absolute atomic E-state index is 0.0727. The van der Waals surface area contributed by atoms with Crippen LogP contribution in [0.1, 0.15) is 17.0 Å². The Kier molecular flexibility index (Phi) is 3.97. The summed E-state index contributed by atoms with van der Waals surface area (Å²) in [4.78, 5) is 14.3. The second-order valence-corrected chi connectivity index (χ2v) is 6.21. The van der Waals surface area contributed by atoms with Crippen LogP contribution in [0.15, 0.2) is 42.6 Å². The predicted molar refractivity (Wildman–Crippen MR) is 93.6 cm³/mol. The van der Waals surface area contributed by atoms with Crippen molar-refractivity contribution in [3.8, 4) is 11.3 Å². The molecule has 1 aliphatic rings. The molecule has 128 valence electrons. The highest BCUT2D eigenvalue weighted by atomic mass is 16.2. The fourth-order valence-corrected chi connectivity index (χ4v) is 3.14. The molecule has 3 heterocycles. The van der Waals surface area contributed by atoms with Gasteiger partial charge in [0.1, 0.15) is 0 Å². The number of aryl methyl sites for hydroxylation is 1. The second kappa shape index (κ2) is 6.43. The quantitative estimate of drug-likeness (QED) is 0.768. The highest BCUT2D eigenvalue weighted by Gasteiger charge is 2.25. The van der Waals surface area contributed by atoms with Crippen LogP contribution < -0.4 is 5.32 Å². The number of amides is 2. The Hall–Kier alpha value is -3.09. The average Bonchev–Trinajstić information content (AvgIpc) is 3.26. The first-order valence-electron chi connectivity index (χ1n) is 8.33. The smallest absolute Gasteiger partial charge is 0.318 e. The highest BCUT2D eigenvalue weighted by molar-refractivity contribution is 5.75. The van der Waals surface area contributed by atoms with Gasteiger partial charge in [0.05, 0.1) is 24.5 Å². The van der Waals surface area contributed by atoms with Crippen LogP contribution in [0.3, 0.4) is 0 Å². The molecule has 0 fully saturated rings. The number of nitrogens with zero attached hydrogens (tertiary/aromatic N) is 4. The van der Waals surface area contributed by atoms with Crippen molar-refractivity contribution in [1.82, 2.24) is 30.2 Å². The van der Waals surface area contributed by atoms with Crippen molar-refractivity contribution in [2.24, 2.45) is 7.05 Å². The topological polar surface area (TPSA) is 78.8 Å². The molecule has 0 radical (unpaired) electrons. The largest absolute Gasteiger partial charge is 0.332 e. The number of aromatic nitrogens is 4. The molecule has 0 saturated heterocycles. The van der Waals surface area contributed by atoms with Gasteiger partial charge in [0.2, 0.25) is 0 Å². The van der Waals surface area contributed by atoms with Crippen molar-refractivity contribution in [2.75, 3.05) is 6.54 Å². The van der Waals surface area contributed by atoms with E-state index in [1.165, 1.54) is 0 Å². The number of H-pyrrole nitrogens is 1. The zero-order valence-corrected chi connectivity index (χ0v) is 14.1. The van der Waals surface area contributed by atoms with E-state index in [0.717, 1.165) is 34.6 Å². The Balaban J connectivity index is 1.47. The molecule has 0 saturated carbocycles. The van der Waals surface area contributed by atoms with Crippen LogP contribution in [0, 0.1) is 0 Å². The third kappa shape index (κ3) is 3.13. The van der Waals surface area contributed by atoms with Gasteiger partial charge in [-0.2, -0.15) is 10.2 Å². The number of nitrogens with one attached hydrogen (secondary N) is 2. The van der Waals surface area contributed by atoms with Gasteiger partial charge in [0.15, 0.2) is 0 Å². The van der Waals surface area contributed by atoms with Crippen LogP contribution in [0.25, 0.3) is 11.3 Å². The van der Waals surface area contributed by atoms with Gasteiger partial charge in [-0.15, -0.1) is 0 Å². The molecule has 2 aromatic heterocycles. The third-order valence-corrected chi connectivity index (χ3v) is 4.46. The molecule has 0 aliphatic carbocycles. The van der Waals surface area contributed by atoms with Crippen molar-refractivity contribution in [2.45, 2.75) is 19.5 Å². The van der Waals surface area contributed by atoms with Gasteiger partial charge in [-0.1, -0.05) is 30.3 Å². The minimum atomic E-state index is -0.0727. The minimum Gasteiger partial charge on any atom is -0.332 e. The number of carbonyl (C=O) groups excluding carboxylic acids is 1. The zero-order chi connectivity index (χ0) is 17.2. The van der Waals surface area contributed by atoms with E-state index in [4.69, 9.17) is 0 Å². The number of benzene rings is 1. The van der Waals surface area contributed by atoms with Crippen molar-refractivity contribution >= 4 is 6.03 Å². The maximum absolute atomic E-state index is 12.5. The van der Waals surface area contributed by atoms with Gasteiger partial charge >= 0.3 is 6.03 Å². The molecule has 1 aliphatic heterocycles. The van der Waals surface area contributed by atoms with E-state index < -0.39 is 0 Å². The summed E-state index contributed by atoms with van der Waals surface area (Å²) in [7, 11) is 1.86. The number of carbonyl (C=O) groups is 1. The Bertz CT molecular complexity index is 882. The molecule has 1 aromatic carbocycles. The molecular weight excluding hydrogens is 316 g/mol. The third-order valence-electron chi connectivity index (χ3n) is 4.46. The average molecular weight is 336 g/mol. The van der Waals surface area contributed by atoms with E-state index in [-0.39, 0.29) is 6.03 Å². The molecular formula is C18H20N6O. The van der Waals surface area contributed by atoms with Gasteiger partial charge in [0, 0.05) is 43.0 Å². The predicted octanol–water partition coefficient (Wildman–Crippen LogP) is 2.08. The van der Waals surface area contributed by atoms with Crippen molar-refractivity contribution in [1.29, 1.82) is 0 Å². The number of hydrogen-bond acceptors (Lipinski definition) is 3. The lowest BCUT2D eigenvalue weighted by atomic mass is 10.0. The van der Waals surface area contributed by atoms with Crippen LogP contribution in [0.2, 0.25) is 0 Å².